The largest absolute Gasteiger partial charge is 0.465 e. The van der Waals surface area contributed by atoms with E-state index in [1.54, 1.807) is 0 Å². The normalized spacial score (nSPS) is 28.2. The maximum atomic E-state index is 12.6. The van der Waals surface area contributed by atoms with E-state index in [1.807, 2.05) is 13.0 Å². The Kier molecular flexibility index (Phi) is 4.40. The zero-order valence-electron chi connectivity index (χ0n) is 12.1. The van der Waals surface area contributed by atoms with Crippen molar-refractivity contribution in [1.29, 1.82) is 0 Å². The first-order chi connectivity index (χ1) is 9.17. The van der Waals surface area contributed by atoms with Crippen LogP contribution in [0, 0.1) is 0 Å². The van der Waals surface area contributed by atoms with Gasteiger partial charge in [0.15, 0.2) is 0 Å². The Morgan fingerprint density at radius 2 is 2.20 bits per heavy atom. The van der Waals surface area contributed by atoms with Crippen molar-refractivity contribution in [3.63, 3.8) is 0 Å². The average molecular weight is 296 g/mol. The summed E-state index contributed by atoms with van der Waals surface area (Å²) in [7, 11) is 2.16. The predicted octanol–water partition coefficient (Wildman–Crippen LogP) is 2.56. The number of hydrogen-bond donors (Lipinski definition) is 0. The molecule has 2 atom stereocenters. The van der Waals surface area contributed by atoms with Gasteiger partial charge < -0.3 is 9.64 Å². The highest BCUT2D eigenvalue weighted by molar-refractivity contribution is 5.85. The van der Waals surface area contributed by atoms with Crippen molar-refractivity contribution < 1.29 is 9.53 Å². The van der Waals surface area contributed by atoms with E-state index >= 15 is 0 Å². The summed E-state index contributed by atoms with van der Waals surface area (Å²) in [5.74, 6) is -0.0275. The molecule has 0 saturated carbocycles. The van der Waals surface area contributed by atoms with Gasteiger partial charge in [-0.25, -0.2) is 0 Å². The van der Waals surface area contributed by atoms with Crippen LogP contribution in [0.25, 0.3) is 0 Å². The zero-order chi connectivity index (χ0) is 13.5. The number of likely N-dealkylation sites (tertiary alicyclic amines) is 1. The van der Waals surface area contributed by atoms with Gasteiger partial charge in [-0.2, -0.15) is 0 Å². The molecule has 1 aliphatic heterocycles. The number of carbonyl (C=O) groups excluding carboxylic acids is 1. The second-order valence-corrected chi connectivity index (χ2v) is 5.75. The van der Waals surface area contributed by atoms with Crippen LogP contribution in [-0.4, -0.2) is 37.1 Å². The fourth-order valence-electron chi connectivity index (χ4n) is 3.67. The standard InChI is InChI=1S/C16H21NO2.ClH/c1-3-19-15(18)16-8-9-17(2)13(11-16)10-12-6-4-5-7-14(12)16;/h4-7,13H,3,8-11H2,1-2H3;1H. The summed E-state index contributed by atoms with van der Waals surface area (Å²) < 4.78 is 5.39. The molecule has 0 amide bonds. The number of rotatable bonds is 2. The quantitative estimate of drug-likeness (QED) is 0.786. The molecule has 0 N–H and O–H groups in total. The molecule has 20 heavy (non-hydrogen) atoms. The molecule has 1 aliphatic carbocycles. The third-order valence-corrected chi connectivity index (χ3v) is 4.75. The van der Waals surface area contributed by atoms with Crippen molar-refractivity contribution in [2.24, 2.45) is 0 Å². The smallest absolute Gasteiger partial charge is 0.316 e. The summed E-state index contributed by atoms with van der Waals surface area (Å²) in [4.78, 5) is 14.9. The topological polar surface area (TPSA) is 29.5 Å². The molecule has 3 nitrogen and oxygen atoms in total. The number of fused-ring (bicyclic) bond motifs is 4. The highest BCUT2D eigenvalue weighted by atomic mass is 35.5. The Labute approximate surface area is 126 Å². The van der Waals surface area contributed by atoms with Gasteiger partial charge in [0.2, 0.25) is 0 Å². The molecule has 2 unspecified atom stereocenters. The number of esters is 1. The van der Waals surface area contributed by atoms with E-state index in [1.165, 1.54) is 11.1 Å². The molecule has 4 heteroatoms. The second kappa shape index (κ2) is 5.74. The molecule has 1 saturated heterocycles. The van der Waals surface area contributed by atoms with Crippen LogP contribution >= 0.6 is 12.4 Å². The molecule has 110 valence electrons. The van der Waals surface area contributed by atoms with E-state index in [-0.39, 0.29) is 18.4 Å². The lowest BCUT2D eigenvalue weighted by molar-refractivity contribution is -0.153. The SMILES string of the molecule is CCOC(=O)C12CCN(C)C(Cc3ccccc31)C2.Cl. The molecule has 1 heterocycles. The Hall–Kier alpha value is -1.06. The fourth-order valence-corrected chi connectivity index (χ4v) is 3.67. The Morgan fingerprint density at radius 1 is 1.45 bits per heavy atom. The lowest BCUT2D eigenvalue weighted by Gasteiger charge is -2.48. The molecule has 2 aliphatic rings. The number of ether oxygens (including phenoxy) is 1. The maximum Gasteiger partial charge on any atom is 0.316 e. The summed E-state index contributed by atoms with van der Waals surface area (Å²) in [5, 5.41) is 0. The molecular weight excluding hydrogens is 274 g/mol. The first-order valence-corrected chi connectivity index (χ1v) is 7.13. The van der Waals surface area contributed by atoms with E-state index in [4.69, 9.17) is 4.74 Å². The fraction of sp³-hybridized carbons (Fsp3) is 0.562. The van der Waals surface area contributed by atoms with Gasteiger partial charge in [0.1, 0.15) is 0 Å². The van der Waals surface area contributed by atoms with Crippen molar-refractivity contribution in [2.75, 3.05) is 20.2 Å². The van der Waals surface area contributed by atoms with Crippen molar-refractivity contribution in [3.05, 3.63) is 35.4 Å². The molecule has 1 aromatic rings. The van der Waals surface area contributed by atoms with E-state index in [2.05, 4.69) is 30.1 Å². The summed E-state index contributed by atoms with van der Waals surface area (Å²) in [6.07, 6.45) is 2.82. The van der Waals surface area contributed by atoms with Gasteiger partial charge in [-0.3, -0.25) is 4.79 Å². The van der Waals surface area contributed by atoms with E-state index in [9.17, 15) is 4.79 Å². The molecule has 0 aromatic heterocycles. The van der Waals surface area contributed by atoms with Crippen LogP contribution in [0.1, 0.15) is 30.9 Å². The summed E-state index contributed by atoms with van der Waals surface area (Å²) in [6, 6.07) is 8.85. The number of likely N-dealkylation sites (N-methyl/N-ethyl adjacent to an activating group) is 1. The van der Waals surface area contributed by atoms with Crippen LogP contribution in [0.5, 0.6) is 0 Å². The molecular formula is C16H22ClNO2. The van der Waals surface area contributed by atoms with Gasteiger partial charge in [-0.15, -0.1) is 12.4 Å². The average Bonchev–Trinajstić information content (AvgIpc) is 2.43. The minimum absolute atomic E-state index is 0. The maximum absolute atomic E-state index is 12.6. The van der Waals surface area contributed by atoms with Gasteiger partial charge in [-0.05, 0) is 50.9 Å². The minimum atomic E-state index is -0.401. The summed E-state index contributed by atoms with van der Waals surface area (Å²) in [6.45, 7) is 3.32. The lowest BCUT2D eigenvalue weighted by atomic mass is 9.64. The molecule has 0 spiro atoms. The van der Waals surface area contributed by atoms with Crippen molar-refractivity contribution in [2.45, 2.75) is 37.6 Å². The summed E-state index contributed by atoms with van der Waals surface area (Å²) >= 11 is 0. The molecule has 2 bridgehead atoms. The first kappa shape index (κ1) is 15.3. The number of piperidine rings is 1. The van der Waals surface area contributed by atoms with Crippen molar-refractivity contribution in [3.8, 4) is 0 Å². The second-order valence-electron chi connectivity index (χ2n) is 5.75. The van der Waals surface area contributed by atoms with E-state index < -0.39 is 5.41 Å². The van der Waals surface area contributed by atoms with Gasteiger partial charge in [-0.1, -0.05) is 24.3 Å². The van der Waals surface area contributed by atoms with Gasteiger partial charge >= 0.3 is 5.97 Å². The minimum Gasteiger partial charge on any atom is -0.465 e. The van der Waals surface area contributed by atoms with Crippen LogP contribution in [0.3, 0.4) is 0 Å². The van der Waals surface area contributed by atoms with Crippen LogP contribution in [0.2, 0.25) is 0 Å². The van der Waals surface area contributed by atoms with Crippen molar-refractivity contribution >= 4 is 18.4 Å². The van der Waals surface area contributed by atoms with E-state index in [0.717, 1.165) is 25.8 Å². The van der Waals surface area contributed by atoms with Crippen LogP contribution < -0.4 is 0 Å². The number of benzene rings is 1. The predicted molar refractivity (Wildman–Crippen MR) is 81.4 cm³/mol. The van der Waals surface area contributed by atoms with E-state index in [0.29, 0.717) is 12.6 Å². The number of carbonyl (C=O) groups is 1. The first-order valence-electron chi connectivity index (χ1n) is 7.13. The van der Waals surface area contributed by atoms with Gasteiger partial charge in [0, 0.05) is 6.04 Å². The Balaban J connectivity index is 0.00000147. The Morgan fingerprint density at radius 3 is 2.95 bits per heavy atom. The summed E-state index contributed by atoms with van der Waals surface area (Å²) in [5.41, 5.74) is 2.12. The Bertz CT molecular complexity index is 505. The zero-order valence-corrected chi connectivity index (χ0v) is 12.9. The van der Waals surface area contributed by atoms with Crippen LogP contribution in [0.15, 0.2) is 24.3 Å². The van der Waals surface area contributed by atoms with Crippen LogP contribution in [-0.2, 0) is 21.4 Å². The third-order valence-electron chi connectivity index (χ3n) is 4.75. The van der Waals surface area contributed by atoms with Gasteiger partial charge in [0.25, 0.3) is 0 Å². The lowest BCUT2D eigenvalue weighted by Crippen LogP contribution is -2.55. The molecule has 1 aromatic carbocycles. The van der Waals surface area contributed by atoms with Crippen LogP contribution in [0.4, 0.5) is 0 Å². The number of hydrogen-bond acceptors (Lipinski definition) is 3. The number of halogens is 1. The number of nitrogens with zero attached hydrogens (tertiary/aromatic N) is 1. The third kappa shape index (κ3) is 2.23. The highest BCUT2D eigenvalue weighted by Gasteiger charge is 2.50. The molecule has 0 radical (unpaired) electrons. The monoisotopic (exact) mass is 295 g/mol. The van der Waals surface area contributed by atoms with Crippen molar-refractivity contribution in [1.82, 2.24) is 4.90 Å². The molecule has 1 fully saturated rings. The van der Waals surface area contributed by atoms with Gasteiger partial charge in [0.05, 0.1) is 12.0 Å². The highest BCUT2D eigenvalue weighted by Crippen LogP contribution is 2.45. The molecule has 3 rings (SSSR count).